The van der Waals surface area contributed by atoms with Gasteiger partial charge >= 0.3 is 0 Å². The van der Waals surface area contributed by atoms with E-state index in [4.69, 9.17) is 15.1 Å². The van der Waals surface area contributed by atoms with Crippen molar-refractivity contribution in [2.24, 2.45) is 5.41 Å². The summed E-state index contributed by atoms with van der Waals surface area (Å²) in [5, 5.41) is 35.3. The molecule has 0 aliphatic rings. The van der Waals surface area contributed by atoms with Gasteiger partial charge in [-0.2, -0.15) is 0 Å². The molecule has 0 spiro atoms. The van der Waals surface area contributed by atoms with Crippen molar-refractivity contribution in [3.05, 3.63) is 0 Å². The van der Waals surface area contributed by atoms with Gasteiger partial charge in [0.25, 0.3) is 0 Å². The predicted molar refractivity (Wildman–Crippen MR) is 53.3 cm³/mol. The van der Waals surface area contributed by atoms with Crippen LogP contribution in [0.3, 0.4) is 0 Å². The molecule has 0 atom stereocenters. The monoisotopic (exact) mass is 293 g/mol. The summed E-state index contributed by atoms with van der Waals surface area (Å²) in [6.45, 7) is 6.60. The molecule has 0 unspecified atom stereocenters. The zero-order chi connectivity index (χ0) is 13.2. The molecule has 0 aromatic rings. The van der Waals surface area contributed by atoms with Gasteiger partial charge in [0, 0.05) is 23.0 Å². The van der Waals surface area contributed by atoms with Crippen LogP contribution in [0, 0.1) is 5.41 Å². The molecule has 0 aromatic carbocycles. The molecular weight excluding hydrogens is 274 g/mol. The second-order valence-electron chi connectivity index (χ2n) is 4.78. The fourth-order valence-corrected chi connectivity index (χ4v) is 1.10. The van der Waals surface area contributed by atoms with Crippen molar-refractivity contribution in [3.63, 3.8) is 0 Å². The Morgan fingerprint density at radius 3 is 1.76 bits per heavy atom. The van der Waals surface area contributed by atoms with E-state index in [9.17, 15) is 9.90 Å². The molecular formula is C10H19BCuO5-4. The fraction of sp³-hybridized carbons (Fsp3) is 0.900. The van der Waals surface area contributed by atoms with Crippen LogP contribution in [-0.2, 0) is 21.9 Å². The SMILES string of the molecule is CC(C)(C)CCCCCC(=O)[O-].[Cu].[O-]B([O-])[O-]. The topological polar surface area (TPSA) is 109 Å². The summed E-state index contributed by atoms with van der Waals surface area (Å²) in [7, 11) is -2.92. The van der Waals surface area contributed by atoms with Gasteiger partial charge in [-0.15, -0.1) is 0 Å². The third-order valence-electron chi connectivity index (χ3n) is 1.81. The van der Waals surface area contributed by atoms with Crippen LogP contribution in [0.1, 0.15) is 52.9 Å². The number of aliphatic carboxylic acids is 1. The first-order chi connectivity index (χ1) is 7.15. The minimum atomic E-state index is -2.92. The quantitative estimate of drug-likeness (QED) is 0.421. The number of hydrogen-bond donors (Lipinski definition) is 0. The number of unbranched alkanes of at least 4 members (excludes halogenated alkanes) is 2. The molecule has 0 fully saturated rings. The third-order valence-corrected chi connectivity index (χ3v) is 1.81. The zero-order valence-electron chi connectivity index (χ0n) is 10.5. The summed E-state index contributed by atoms with van der Waals surface area (Å²) >= 11 is 0. The predicted octanol–water partition coefficient (Wildman–Crippen LogP) is -2.22. The number of carbonyl (C=O) groups excluding carboxylic acids is 1. The Kier molecular flexibility index (Phi) is 16.1. The van der Waals surface area contributed by atoms with Crippen LogP contribution in [0.25, 0.3) is 0 Å². The smallest absolute Gasteiger partial charge is 0.0414 e. The third kappa shape index (κ3) is 38.8. The van der Waals surface area contributed by atoms with Crippen LogP contribution in [0.2, 0.25) is 0 Å². The molecule has 7 heteroatoms. The zero-order valence-corrected chi connectivity index (χ0v) is 11.4. The fourth-order valence-electron chi connectivity index (χ4n) is 1.10. The first kappa shape index (κ1) is 22.1. The molecule has 0 aliphatic carbocycles. The van der Waals surface area contributed by atoms with Crippen molar-refractivity contribution in [2.45, 2.75) is 52.9 Å². The molecule has 0 heterocycles. The van der Waals surface area contributed by atoms with Crippen LogP contribution in [0.15, 0.2) is 0 Å². The molecule has 0 aromatic heterocycles. The molecule has 0 saturated carbocycles. The van der Waals surface area contributed by atoms with Crippen LogP contribution >= 0.6 is 0 Å². The van der Waals surface area contributed by atoms with Gasteiger partial charge < -0.3 is 25.0 Å². The van der Waals surface area contributed by atoms with Crippen molar-refractivity contribution >= 4 is 13.3 Å². The van der Waals surface area contributed by atoms with E-state index >= 15 is 0 Å². The summed E-state index contributed by atoms with van der Waals surface area (Å²) in [6.07, 6.45) is 4.27. The second kappa shape index (κ2) is 12.4. The van der Waals surface area contributed by atoms with Crippen LogP contribution in [-0.4, -0.2) is 13.3 Å². The number of carboxylic acids is 1. The van der Waals surface area contributed by atoms with E-state index < -0.39 is 13.3 Å². The Hall–Kier alpha value is -0.0656. The van der Waals surface area contributed by atoms with Crippen LogP contribution in [0.4, 0.5) is 0 Å². The van der Waals surface area contributed by atoms with Gasteiger partial charge in [-0.05, 0) is 24.7 Å². The second-order valence-corrected chi connectivity index (χ2v) is 4.78. The summed E-state index contributed by atoms with van der Waals surface area (Å²) in [5.74, 6) is -0.925. The largest absolute Gasteiger partial charge is 0.907 e. The number of rotatable bonds is 5. The van der Waals surface area contributed by atoms with Gasteiger partial charge in [0.1, 0.15) is 0 Å². The first-order valence-corrected chi connectivity index (χ1v) is 5.32. The van der Waals surface area contributed by atoms with Gasteiger partial charge in [-0.3, -0.25) is 7.32 Å². The standard InChI is InChI=1S/C10H20O2.BO3.Cu/c1-10(2,3)8-6-4-5-7-9(11)12;2-1(3)4;/h4-8H2,1-3H3,(H,11,12);;/q;-3;/p-1. The van der Waals surface area contributed by atoms with Crippen molar-refractivity contribution in [1.82, 2.24) is 0 Å². The Balaban J connectivity index is -0.000000340. The number of carbonyl (C=O) groups is 1. The molecule has 0 amide bonds. The minimum absolute atomic E-state index is 0. The molecule has 0 aliphatic heterocycles. The molecule has 107 valence electrons. The van der Waals surface area contributed by atoms with Gasteiger partial charge in [0.2, 0.25) is 0 Å². The maximum atomic E-state index is 10.0. The molecule has 17 heavy (non-hydrogen) atoms. The van der Waals surface area contributed by atoms with Gasteiger partial charge in [0.05, 0.1) is 0 Å². The first-order valence-electron chi connectivity index (χ1n) is 5.32. The van der Waals surface area contributed by atoms with E-state index in [-0.39, 0.29) is 23.5 Å². The molecule has 5 nitrogen and oxygen atoms in total. The van der Waals surface area contributed by atoms with Gasteiger partial charge in [0.15, 0.2) is 0 Å². The summed E-state index contributed by atoms with van der Waals surface area (Å²) in [4.78, 5) is 10.0. The van der Waals surface area contributed by atoms with Crippen molar-refractivity contribution in [2.75, 3.05) is 0 Å². The Labute approximate surface area is 114 Å². The molecule has 0 rings (SSSR count). The number of hydrogen-bond acceptors (Lipinski definition) is 5. The van der Waals surface area contributed by atoms with Gasteiger partial charge in [-0.1, -0.05) is 33.6 Å². The molecule has 0 N–H and O–H groups in total. The van der Waals surface area contributed by atoms with Crippen LogP contribution in [0.5, 0.6) is 0 Å². The van der Waals surface area contributed by atoms with E-state index in [1.54, 1.807) is 0 Å². The molecule has 0 saturated heterocycles. The maximum absolute atomic E-state index is 10.0. The van der Waals surface area contributed by atoms with E-state index in [0.29, 0.717) is 5.41 Å². The molecule has 0 bridgehead atoms. The average molecular weight is 294 g/mol. The van der Waals surface area contributed by atoms with Crippen molar-refractivity contribution in [3.8, 4) is 0 Å². The van der Waals surface area contributed by atoms with Crippen molar-refractivity contribution < 1.29 is 42.0 Å². The van der Waals surface area contributed by atoms with E-state index in [1.165, 1.54) is 6.42 Å². The Morgan fingerprint density at radius 2 is 1.47 bits per heavy atom. The van der Waals surface area contributed by atoms with Gasteiger partial charge in [-0.25, -0.2) is 0 Å². The van der Waals surface area contributed by atoms with Crippen molar-refractivity contribution in [1.29, 1.82) is 0 Å². The van der Waals surface area contributed by atoms with E-state index in [0.717, 1.165) is 19.3 Å². The van der Waals surface area contributed by atoms with Crippen LogP contribution < -0.4 is 20.2 Å². The Bertz CT molecular complexity index is 179. The van der Waals surface area contributed by atoms with E-state index in [1.807, 2.05) is 0 Å². The summed E-state index contributed by atoms with van der Waals surface area (Å²) in [5.41, 5.74) is 0.376. The number of carboxylic acid groups (broad SMARTS) is 1. The normalized spacial score (nSPS) is 9.76. The van der Waals surface area contributed by atoms with E-state index in [2.05, 4.69) is 20.8 Å². The molecule has 1 radical (unpaired) electrons. The Morgan fingerprint density at radius 1 is 1.06 bits per heavy atom. The maximum Gasteiger partial charge on any atom is 0.0414 e. The minimum Gasteiger partial charge on any atom is -0.907 e. The summed E-state index contributed by atoms with van der Waals surface area (Å²) in [6, 6.07) is 0. The average Bonchev–Trinajstić information content (AvgIpc) is 1.99. The summed E-state index contributed by atoms with van der Waals surface area (Å²) < 4.78 is 0.